The molecule has 0 aliphatic heterocycles. The molecular weight excluding hydrogens is 358 g/mol. The molecule has 0 radical (unpaired) electrons. The molecule has 0 saturated carbocycles. The minimum atomic E-state index is -0.0855. The minimum absolute atomic E-state index is 0.00332. The number of carbonyl (C=O) groups excluding carboxylic acids is 1. The Morgan fingerprint density at radius 3 is 2.00 bits per heavy atom. The average Bonchev–Trinajstić information content (AvgIpc) is 2.75. The van der Waals surface area contributed by atoms with E-state index in [1.807, 2.05) is 43.3 Å². The number of hydrogen-bond acceptors (Lipinski definition) is 5. The first-order valence-corrected chi connectivity index (χ1v) is 9.28. The molecule has 6 nitrogen and oxygen atoms in total. The van der Waals surface area contributed by atoms with Crippen LogP contribution in [0, 0.1) is 0 Å². The van der Waals surface area contributed by atoms with Gasteiger partial charge in [0, 0.05) is 6.42 Å². The predicted octanol–water partition coefficient (Wildman–Crippen LogP) is 3.92. The van der Waals surface area contributed by atoms with Crippen molar-refractivity contribution in [1.82, 2.24) is 5.32 Å². The summed E-state index contributed by atoms with van der Waals surface area (Å²) in [6.07, 6.45) is 1.78. The van der Waals surface area contributed by atoms with Gasteiger partial charge in [0.2, 0.25) is 5.91 Å². The van der Waals surface area contributed by atoms with Crippen molar-refractivity contribution >= 4 is 5.91 Å². The molecule has 0 aliphatic rings. The second kappa shape index (κ2) is 10.4. The Morgan fingerprint density at radius 1 is 0.857 bits per heavy atom. The van der Waals surface area contributed by atoms with Gasteiger partial charge in [-0.2, -0.15) is 0 Å². The first-order chi connectivity index (χ1) is 13.6. The fourth-order valence-electron chi connectivity index (χ4n) is 3.05. The molecule has 0 heterocycles. The Kier molecular flexibility index (Phi) is 7.99. The summed E-state index contributed by atoms with van der Waals surface area (Å²) in [6.45, 7) is 2.04. The van der Waals surface area contributed by atoms with Crippen molar-refractivity contribution in [2.24, 2.45) is 0 Å². The largest absolute Gasteiger partial charge is 0.493 e. The van der Waals surface area contributed by atoms with Gasteiger partial charge in [0.05, 0.1) is 34.5 Å². The topological polar surface area (TPSA) is 66.0 Å². The molecule has 0 unspecified atom stereocenters. The average molecular weight is 387 g/mol. The Labute approximate surface area is 166 Å². The molecular formula is C22H29NO5. The molecule has 2 rings (SSSR count). The van der Waals surface area contributed by atoms with Crippen LogP contribution in [-0.2, 0) is 11.2 Å². The second-order valence-corrected chi connectivity index (χ2v) is 6.33. The summed E-state index contributed by atoms with van der Waals surface area (Å²) in [7, 11) is 6.41. The minimum Gasteiger partial charge on any atom is -0.493 e. The van der Waals surface area contributed by atoms with E-state index in [-0.39, 0.29) is 11.9 Å². The molecule has 2 aromatic carbocycles. The van der Waals surface area contributed by atoms with Gasteiger partial charge in [0.1, 0.15) is 0 Å². The molecule has 28 heavy (non-hydrogen) atoms. The van der Waals surface area contributed by atoms with Crippen LogP contribution in [0.25, 0.3) is 0 Å². The highest BCUT2D eigenvalue weighted by molar-refractivity contribution is 5.76. The molecule has 6 heteroatoms. The summed E-state index contributed by atoms with van der Waals surface area (Å²) in [5.41, 5.74) is 2.01. The van der Waals surface area contributed by atoms with Crippen molar-refractivity contribution in [3.8, 4) is 23.0 Å². The van der Waals surface area contributed by atoms with Crippen molar-refractivity contribution < 1.29 is 23.7 Å². The number of nitrogens with one attached hydrogen (secondary N) is 1. The van der Waals surface area contributed by atoms with Crippen molar-refractivity contribution in [1.29, 1.82) is 0 Å². The summed E-state index contributed by atoms with van der Waals surface area (Å²) in [4.78, 5) is 12.5. The smallest absolute Gasteiger partial charge is 0.220 e. The van der Waals surface area contributed by atoms with E-state index in [9.17, 15) is 4.79 Å². The molecule has 2 aromatic rings. The van der Waals surface area contributed by atoms with Crippen LogP contribution in [0.4, 0.5) is 0 Å². The van der Waals surface area contributed by atoms with Crippen LogP contribution in [0.15, 0.2) is 36.4 Å². The molecule has 1 atom stereocenters. The Bertz CT molecular complexity index is 790. The first kappa shape index (κ1) is 21.4. The number of amides is 1. The summed E-state index contributed by atoms with van der Waals surface area (Å²) in [5, 5.41) is 3.10. The highest BCUT2D eigenvalue weighted by Crippen LogP contribution is 2.31. The Morgan fingerprint density at radius 2 is 1.43 bits per heavy atom. The Balaban J connectivity index is 2.01. The Hall–Kier alpha value is -2.89. The zero-order valence-corrected chi connectivity index (χ0v) is 17.2. The number of ether oxygens (including phenoxy) is 4. The lowest BCUT2D eigenvalue weighted by molar-refractivity contribution is -0.121. The van der Waals surface area contributed by atoms with Gasteiger partial charge < -0.3 is 24.3 Å². The normalized spacial score (nSPS) is 11.5. The van der Waals surface area contributed by atoms with E-state index in [4.69, 9.17) is 18.9 Å². The highest BCUT2D eigenvalue weighted by Gasteiger charge is 2.15. The zero-order valence-electron chi connectivity index (χ0n) is 17.2. The standard InChI is InChI=1S/C22H29NO5/c1-6-17(16-9-11-19(26-3)21(14-16)28-5)23-22(24)12-8-15-7-10-18(25-2)20(13-15)27-4/h7,9-11,13-14,17H,6,8,12H2,1-5H3,(H,23,24)/t17-/m1/s1. The van der Waals surface area contributed by atoms with E-state index in [2.05, 4.69) is 5.32 Å². The summed E-state index contributed by atoms with van der Waals surface area (Å²) in [6, 6.07) is 11.3. The quantitative estimate of drug-likeness (QED) is 0.669. The monoisotopic (exact) mass is 387 g/mol. The number of hydrogen-bond donors (Lipinski definition) is 1. The van der Waals surface area contributed by atoms with Gasteiger partial charge in [-0.25, -0.2) is 0 Å². The fourth-order valence-corrected chi connectivity index (χ4v) is 3.05. The van der Waals surface area contributed by atoms with Crippen LogP contribution in [0.2, 0.25) is 0 Å². The molecule has 0 aliphatic carbocycles. The number of benzene rings is 2. The highest BCUT2D eigenvalue weighted by atomic mass is 16.5. The number of rotatable bonds is 10. The maximum atomic E-state index is 12.5. The van der Waals surface area contributed by atoms with Gasteiger partial charge in [-0.1, -0.05) is 19.1 Å². The van der Waals surface area contributed by atoms with Crippen LogP contribution < -0.4 is 24.3 Å². The van der Waals surface area contributed by atoms with Crippen LogP contribution >= 0.6 is 0 Å². The van der Waals surface area contributed by atoms with E-state index in [0.29, 0.717) is 35.8 Å². The third kappa shape index (κ3) is 5.31. The first-order valence-electron chi connectivity index (χ1n) is 9.28. The fraction of sp³-hybridized carbons (Fsp3) is 0.409. The number of methoxy groups -OCH3 is 4. The van der Waals surface area contributed by atoms with Crippen LogP contribution in [-0.4, -0.2) is 34.3 Å². The molecule has 0 saturated heterocycles. The van der Waals surface area contributed by atoms with E-state index in [0.717, 1.165) is 17.5 Å². The molecule has 0 aromatic heterocycles. The zero-order chi connectivity index (χ0) is 20.5. The molecule has 0 spiro atoms. The summed E-state index contributed by atoms with van der Waals surface area (Å²) >= 11 is 0. The van der Waals surface area contributed by atoms with Crippen LogP contribution in [0.1, 0.15) is 36.9 Å². The van der Waals surface area contributed by atoms with E-state index >= 15 is 0 Å². The van der Waals surface area contributed by atoms with Gasteiger partial charge in [-0.05, 0) is 48.2 Å². The van der Waals surface area contributed by atoms with Crippen molar-refractivity contribution in [3.05, 3.63) is 47.5 Å². The van der Waals surface area contributed by atoms with Gasteiger partial charge >= 0.3 is 0 Å². The van der Waals surface area contributed by atoms with Gasteiger partial charge in [-0.15, -0.1) is 0 Å². The number of carbonyl (C=O) groups is 1. The van der Waals surface area contributed by atoms with E-state index in [1.54, 1.807) is 28.4 Å². The maximum Gasteiger partial charge on any atom is 0.220 e. The summed E-state index contributed by atoms with van der Waals surface area (Å²) < 4.78 is 21.2. The molecule has 0 fully saturated rings. The molecule has 0 bridgehead atoms. The number of aryl methyl sites for hydroxylation is 1. The predicted molar refractivity (Wildman–Crippen MR) is 109 cm³/mol. The van der Waals surface area contributed by atoms with Gasteiger partial charge in [0.15, 0.2) is 23.0 Å². The molecule has 1 amide bonds. The SMILES string of the molecule is CC[C@@H](NC(=O)CCc1ccc(OC)c(OC)c1)c1ccc(OC)c(OC)c1. The maximum absolute atomic E-state index is 12.5. The van der Waals surface area contributed by atoms with Crippen molar-refractivity contribution in [2.45, 2.75) is 32.2 Å². The summed E-state index contributed by atoms with van der Waals surface area (Å²) in [5.74, 6) is 2.66. The lowest BCUT2D eigenvalue weighted by Gasteiger charge is -2.19. The van der Waals surface area contributed by atoms with Gasteiger partial charge in [-0.3, -0.25) is 4.79 Å². The van der Waals surface area contributed by atoms with Crippen molar-refractivity contribution in [3.63, 3.8) is 0 Å². The van der Waals surface area contributed by atoms with E-state index < -0.39 is 0 Å². The van der Waals surface area contributed by atoms with Crippen LogP contribution in [0.3, 0.4) is 0 Å². The van der Waals surface area contributed by atoms with Gasteiger partial charge in [0.25, 0.3) is 0 Å². The molecule has 1 N–H and O–H groups in total. The van der Waals surface area contributed by atoms with Crippen molar-refractivity contribution in [2.75, 3.05) is 28.4 Å². The third-order valence-electron chi connectivity index (χ3n) is 4.64. The molecule has 152 valence electrons. The lowest BCUT2D eigenvalue weighted by Crippen LogP contribution is -2.28. The lowest BCUT2D eigenvalue weighted by atomic mass is 10.0. The third-order valence-corrected chi connectivity index (χ3v) is 4.64. The van der Waals surface area contributed by atoms with Crippen LogP contribution in [0.5, 0.6) is 23.0 Å². The van der Waals surface area contributed by atoms with E-state index in [1.165, 1.54) is 0 Å². The second-order valence-electron chi connectivity index (χ2n) is 6.33.